The zero-order chi connectivity index (χ0) is 12.4. The largest absolute Gasteiger partial charge is 0.454 e. The Labute approximate surface area is 106 Å². The average Bonchev–Trinajstić information content (AvgIpc) is 3.05. The number of rotatable bonds is 4. The SMILES string of the molecule is CNCCC1(c2ccc3c(c2)OCO3)OCCO1. The molecule has 0 amide bonds. The first-order valence-electron chi connectivity index (χ1n) is 6.17. The molecule has 1 saturated heterocycles. The summed E-state index contributed by atoms with van der Waals surface area (Å²) in [5, 5.41) is 3.13. The Morgan fingerprint density at radius 1 is 1.17 bits per heavy atom. The van der Waals surface area contributed by atoms with Gasteiger partial charge in [-0.15, -0.1) is 0 Å². The molecule has 2 aliphatic rings. The van der Waals surface area contributed by atoms with Gasteiger partial charge in [-0.1, -0.05) is 0 Å². The van der Waals surface area contributed by atoms with Gasteiger partial charge in [-0.2, -0.15) is 0 Å². The molecule has 1 aromatic rings. The molecule has 0 bridgehead atoms. The molecule has 1 N–H and O–H groups in total. The molecule has 0 spiro atoms. The maximum Gasteiger partial charge on any atom is 0.231 e. The van der Waals surface area contributed by atoms with Crippen LogP contribution in [0.5, 0.6) is 11.5 Å². The van der Waals surface area contributed by atoms with Crippen LogP contribution in [0.25, 0.3) is 0 Å². The summed E-state index contributed by atoms with van der Waals surface area (Å²) in [6.45, 7) is 2.36. The van der Waals surface area contributed by atoms with E-state index in [-0.39, 0.29) is 6.79 Å². The minimum Gasteiger partial charge on any atom is -0.454 e. The molecule has 1 aromatic carbocycles. The fourth-order valence-corrected chi connectivity index (χ4v) is 2.33. The minimum absolute atomic E-state index is 0.282. The number of benzene rings is 1. The van der Waals surface area contributed by atoms with Crippen molar-refractivity contribution in [2.24, 2.45) is 0 Å². The quantitative estimate of drug-likeness (QED) is 0.872. The number of hydrogen-bond donors (Lipinski definition) is 1. The van der Waals surface area contributed by atoms with Crippen molar-refractivity contribution in [3.05, 3.63) is 23.8 Å². The van der Waals surface area contributed by atoms with Crippen molar-refractivity contribution < 1.29 is 18.9 Å². The van der Waals surface area contributed by atoms with Crippen molar-refractivity contribution in [2.45, 2.75) is 12.2 Å². The third-order valence-corrected chi connectivity index (χ3v) is 3.27. The van der Waals surface area contributed by atoms with Gasteiger partial charge in [0, 0.05) is 18.5 Å². The molecule has 0 unspecified atom stereocenters. The molecule has 0 aromatic heterocycles. The van der Waals surface area contributed by atoms with E-state index < -0.39 is 5.79 Å². The van der Waals surface area contributed by atoms with E-state index in [0.29, 0.717) is 13.2 Å². The highest BCUT2D eigenvalue weighted by Crippen LogP contribution is 2.40. The van der Waals surface area contributed by atoms with Crippen molar-refractivity contribution in [1.29, 1.82) is 0 Å². The molecule has 2 aliphatic heterocycles. The summed E-state index contributed by atoms with van der Waals surface area (Å²) in [6.07, 6.45) is 0.767. The summed E-state index contributed by atoms with van der Waals surface area (Å²) in [7, 11) is 1.92. The molecule has 18 heavy (non-hydrogen) atoms. The summed E-state index contributed by atoms with van der Waals surface area (Å²) in [6, 6.07) is 5.83. The predicted molar refractivity (Wildman–Crippen MR) is 64.7 cm³/mol. The predicted octanol–water partition coefficient (Wildman–Crippen LogP) is 1.22. The Morgan fingerprint density at radius 3 is 2.72 bits per heavy atom. The van der Waals surface area contributed by atoms with Gasteiger partial charge in [0.15, 0.2) is 17.3 Å². The van der Waals surface area contributed by atoms with Crippen molar-refractivity contribution in [1.82, 2.24) is 5.32 Å². The third-order valence-electron chi connectivity index (χ3n) is 3.27. The van der Waals surface area contributed by atoms with Crippen LogP contribution in [0.4, 0.5) is 0 Å². The first-order valence-corrected chi connectivity index (χ1v) is 6.17. The molecule has 5 heteroatoms. The number of hydrogen-bond acceptors (Lipinski definition) is 5. The van der Waals surface area contributed by atoms with E-state index in [4.69, 9.17) is 18.9 Å². The normalized spacial score (nSPS) is 20.3. The number of ether oxygens (including phenoxy) is 4. The molecule has 0 radical (unpaired) electrons. The Bertz CT molecular complexity index is 429. The molecule has 0 aliphatic carbocycles. The molecule has 1 fully saturated rings. The first-order chi connectivity index (χ1) is 8.84. The maximum absolute atomic E-state index is 5.83. The number of fused-ring (bicyclic) bond motifs is 1. The zero-order valence-electron chi connectivity index (χ0n) is 10.4. The fraction of sp³-hybridized carbons (Fsp3) is 0.538. The zero-order valence-corrected chi connectivity index (χ0v) is 10.4. The van der Waals surface area contributed by atoms with Crippen LogP contribution < -0.4 is 14.8 Å². The van der Waals surface area contributed by atoms with Crippen LogP contribution in [-0.2, 0) is 15.3 Å². The fourth-order valence-electron chi connectivity index (χ4n) is 2.33. The monoisotopic (exact) mass is 251 g/mol. The van der Waals surface area contributed by atoms with Crippen LogP contribution in [-0.4, -0.2) is 33.6 Å². The van der Waals surface area contributed by atoms with Gasteiger partial charge >= 0.3 is 0 Å². The summed E-state index contributed by atoms with van der Waals surface area (Å²) >= 11 is 0. The summed E-state index contributed by atoms with van der Waals surface area (Å²) < 4.78 is 22.4. The van der Waals surface area contributed by atoms with E-state index in [0.717, 1.165) is 30.0 Å². The smallest absolute Gasteiger partial charge is 0.231 e. The Balaban J connectivity index is 1.90. The second-order valence-corrected chi connectivity index (χ2v) is 4.37. The number of nitrogens with one attached hydrogen (secondary N) is 1. The highest BCUT2D eigenvalue weighted by molar-refractivity contribution is 5.45. The van der Waals surface area contributed by atoms with Crippen molar-refractivity contribution in [3.8, 4) is 11.5 Å². The Hall–Kier alpha value is -1.30. The van der Waals surface area contributed by atoms with Gasteiger partial charge < -0.3 is 24.3 Å². The topological polar surface area (TPSA) is 49.0 Å². The minimum atomic E-state index is -0.649. The Morgan fingerprint density at radius 2 is 1.94 bits per heavy atom. The molecular weight excluding hydrogens is 234 g/mol. The van der Waals surface area contributed by atoms with E-state index in [1.807, 2.05) is 25.2 Å². The van der Waals surface area contributed by atoms with Gasteiger partial charge in [0.1, 0.15) is 0 Å². The van der Waals surface area contributed by atoms with Gasteiger partial charge in [-0.05, 0) is 25.2 Å². The molecule has 5 nitrogen and oxygen atoms in total. The lowest BCUT2D eigenvalue weighted by atomic mass is 10.0. The van der Waals surface area contributed by atoms with Crippen LogP contribution in [0.1, 0.15) is 12.0 Å². The van der Waals surface area contributed by atoms with Gasteiger partial charge in [0.05, 0.1) is 13.2 Å². The van der Waals surface area contributed by atoms with E-state index in [2.05, 4.69) is 5.32 Å². The van der Waals surface area contributed by atoms with Gasteiger partial charge in [-0.25, -0.2) is 0 Å². The molecule has 0 atom stereocenters. The highest BCUT2D eigenvalue weighted by atomic mass is 16.7. The van der Waals surface area contributed by atoms with Crippen LogP contribution in [0.2, 0.25) is 0 Å². The van der Waals surface area contributed by atoms with Crippen molar-refractivity contribution in [3.63, 3.8) is 0 Å². The van der Waals surface area contributed by atoms with Gasteiger partial charge in [0.25, 0.3) is 0 Å². The van der Waals surface area contributed by atoms with Crippen LogP contribution in [0.3, 0.4) is 0 Å². The Kier molecular flexibility index (Phi) is 3.11. The molecule has 2 heterocycles. The van der Waals surface area contributed by atoms with Crippen LogP contribution in [0, 0.1) is 0 Å². The molecule has 3 rings (SSSR count). The average molecular weight is 251 g/mol. The lowest BCUT2D eigenvalue weighted by Crippen LogP contribution is -2.31. The van der Waals surface area contributed by atoms with Crippen LogP contribution >= 0.6 is 0 Å². The first kappa shape index (κ1) is 11.8. The van der Waals surface area contributed by atoms with Crippen LogP contribution in [0.15, 0.2) is 18.2 Å². The summed E-state index contributed by atoms with van der Waals surface area (Å²) in [5.74, 6) is 0.889. The lowest BCUT2D eigenvalue weighted by molar-refractivity contribution is -0.169. The second-order valence-electron chi connectivity index (χ2n) is 4.37. The van der Waals surface area contributed by atoms with Crippen molar-refractivity contribution in [2.75, 3.05) is 33.6 Å². The maximum atomic E-state index is 5.83. The summed E-state index contributed by atoms with van der Waals surface area (Å²) in [4.78, 5) is 0. The second kappa shape index (κ2) is 4.76. The molecule has 0 saturated carbocycles. The van der Waals surface area contributed by atoms with E-state index in [1.54, 1.807) is 0 Å². The summed E-state index contributed by atoms with van der Waals surface area (Å²) in [5.41, 5.74) is 0.986. The highest BCUT2D eigenvalue weighted by Gasteiger charge is 2.38. The third kappa shape index (κ3) is 1.94. The van der Waals surface area contributed by atoms with E-state index in [9.17, 15) is 0 Å². The van der Waals surface area contributed by atoms with Gasteiger partial charge in [0.2, 0.25) is 6.79 Å². The molecular formula is C13H17NO4. The van der Waals surface area contributed by atoms with Gasteiger partial charge in [-0.3, -0.25) is 0 Å². The van der Waals surface area contributed by atoms with E-state index >= 15 is 0 Å². The van der Waals surface area contributed by atoms with E-state index in [1.165, 1.54) is 0 Å². The lowest BCUT2D eigenvalue weighted by Gasteiger charge is -2.28. The van der Waals surface area contributed by atoms with Crippen molar-refractivity contribution >= 4 is 0 Å². The standard InChI is InChI=1S/C13H17NO4/c1-14-5-4-13(17-6-7-18-13)10-2-3-11-12(8-10)16-9-15-11/h2-3,8,14H,4-7,9H2,1H3. The molecule has 98 valence electrons.